The number of fused-ring (bicyclic) bond motifs is 3. The minimum Gasteiger partial charge on any atom is -0.491 e. The SMILES string of the molecule is COc1c(OCCCN2CCOCC2)ccc2c1N=C(c1ncccc1C(N)=O)N1CCN=C21. The predicted molar refractivity (Wildman–Crippen MR) is 127 cm³/mol. The zero-order valence-corrected chi connectivity index (χ0v) is 19.2. The summed E-state index contributed by atoms with van der Waals surface area (Å²) in [5.41, 5.74) is 7.82. The number of nitrogens with two attached hydrogens (primary N) is 1. The molecule has 1 aromatic heterocycles. The molecule has 3 aliphatic rings. The van der Waals surface area contributed by atoms with E-state index in [1.807, 2.05) is 17.0 Å². The molecule has 0 radical (unpaired) electrons. The van der Waals surface area contributed by atoms with Gasteiger partial charge in [-0.25, -0.2) is 4.99 Å². The van der Waals surface area contributed by atoms with Crippen LogP contribution in [0.4, 0.5) is 5.69 Å². The predicted octanol–water partition coefficient (Wildman–Crippen LogP) is 1.44. The normalized spacial score (nSPS) is 17.5. The maximum absolute atomic E-state index is 12.1. The van der Waals surface area contributed by atoms with Crippen LogP contribution in [0.2, 0.25) is 0 Å². The topological polar surface area (TPSA) is 115 Å². The van der Waals surface area contributed by atoms with Gasteiger partial charge in [0.05, 0.1) is 39.0 Å². The molecule has 2 aromatic rings. The third kappa shape index (κ3) is 4.22. The monoisotopic (exact) mass is 464 g/mol. The van der Waals surface area contributed by atoms with E-state index in [9.17, 15) is 4.79 Å². The van der Waals surface area contributed by atoms with E-state index in [4.69, 9.17) is 24.9 Å². The Balaban J connectivity index is 1.45. The molecule has 3 aliphatic heterocycles. The standard InChI is InChI=1S/C24H28N6O4/c1-32-21-18(34-13-3-9-29-11-14-33-15-12-29)6-5-17-19(21)28-24(30-10-8-27-23(17)30)20-16(22(25)31)4-2-7-26-20/h2,4-7H,3,8-15H2,1H3,(H2,25,31). The Hall–Kier alpha value is -3.50. The molecule has 1 amide bonds. The van der Waals surface area contributed by atoms with Gasteiger partial charge < -0.3 is 24.8 Å². The highest BCUT2D eigenvalue weighted by atomic mass is 16.5. The second-order valence-electron chi connectivity index (χ2n) is 8.21. The molecular formula is C24H28N6O4. The summed E-state index contributed by atoms with van der Waals surface area (Å²) >= 11 is 0. The van der Waals surface area contributed by atoms with Crippen molar-refractivity contribution < 1.29 is 19.0 Å². The molecule has 0 spiro atoms. The molecule has 0 bridgehead atoms. The lowest BCUT2D eigenvalue weighted by Gasteiger charge is -2.29. The largest absolute Gasteiger partial charge is 0.491 e. The maximum Gasteiger partial charge on any atom is 0.251 e. The first kappa shape index (κ1) is 22.3. The summed E-state index contributed by atoms with van der Waals surface area (Å²) in [5.74, 6) is 1.90. The number of hydrogen-bond donors (Lipinski definition) is 1. The number of hydrogen-bond acceptors (Lipinski definition) is 9. The van der Waals surface area contributed by atoms with Crippen LogP contribution >= 0.6 is 0 Å². The molecule has 178 valence electrons. The highest BCUT2D eigenvalue weighted by molar-refractivity contribution is 6.22. The van der Waals surface area contributed by atoms with E-state index in [0.717, 1.165) is 50.7 Å². The van der Waals surface area contributed by atoms with Crippen LogP contribution in [-0.2, 0) is 4.74 Å². The number of aliphatic imine (C=N–C) groups is 2. The Morgan fingerprint density at radius 2 is 2.03 bits per heavy atom. The van der Waals surface area contributed by atoms with Crippen LogP contribution in [0.15, 0.2) is 40.4 Å². The summed E-state index contributed by atoms with van der Waals surface area (Å²) in [6.07, 6.45) is 2.52. The number of methoxy groups -OCH3 is 1. The zero-order valence-electron chi connectivity index (χ0n) is 19.2. The lowest BCUT2D eigenvalue weighted by molar-refractivity contribution is 0.0357. The van der Waals surface area contributed by atoms with Gasteiger partial charge in [-0.15, -0.1) is 0 Å². The van der Waals surface area contributed by atoms with Crippen molar-refractivity contribution in [3.63, 3.8) is 0 Å². The molecule has 1 aromatic carbocycles. The van der Waals surface area contributed by atoms with Gasteiger partial charge >= 0.3 is 0 Å². The summed E-state index contributed by atoms with van der Waals surface area (Å²) < 4.78 is 17.3. The average Bonchev–Trinajstić information content (AvgIpc) is 3.36. The van der Waals surface area contributed by atoms with Gasteiger partial charge in [-0.1, -0.05) is 0 Å². The number of amidine groups is 2. The Kier molecular flexibility index (Phi) is 6.41. The summed E-state index contributed by atoms with van der Waals surface area (Å²) in [6.45, 7) is 6.27. The number of carbonyl (C=O) groups is 1. The van der Waals surface area contributed by atoms with Crippen molar-refractivity contribution in [3.8, 4) is 11.5 Å². The van der Waals surface area contributed by atoms with Crippen molar-refractivity contribution in [2.24, 2.45) is 15.7 Å². The Morgan fingerprint density at radius 3 is 2.82 bits per heavy atom. The van der Waals surface area contributed by atoms with E-state index in [-0.39, 0.29) is 0 Å². The minimum absolute atomic E-state index is 0.311. The summed E-state index contributed by atoms with van der Waals surface area (Å²) in [4.78, 5) is 30.4. The van der Waals surface area contributed by atoms with E-state index < -0.39 is 5.91 Å². The molecule has 0 atom stereocenters. The fourth-order valence-electron chi connectivity index (χ4n) is 4.46. The Morgan fingerprint density at radius 1 is 1.18 bits per heavy atom. The van der Waals surface area contributed by atoms with Gasteiger partial charge in [0.25, 0.3) is 5.91 Å². The first-order valence-corrected chi connectivity index (χ1v) is 11.5. The van der Waals surface area contributed by atoms with E-state index in [1.165, 1.54) is 0 Å². The van der Waals surface area contributed by atoms with Crippen LogP contribution in [-0.4, -0.2) is 92.0 Å². The molecule has 34 heavy (non-hydrogen) atoms. The highest BCUT2D eigenvalue weighted by Gasteiger charge is 2.34. The molecule has 5 rings (SSSR count). The first-order chi connectivity index (χ1) is 16.7. The minimum atomic E-state index is -0.557. The van der Waals surface area contributed by atoms with Gasteiger partial charge in [-0.2, -0.15) is 0 Å². The van der Waals surface area contributed by atoms with Crippen molar-refractivity contribution in [1.82, 2.24) is 14.8 Å². The van der Waals surface area contributed by atoms with Crippen LogP contribution in [0.5, 0.6) is 11.5 Å². The van der Waals surface area contributed by atoms with Crippen molar-refractivity contribution in [2.75, 3.05) is 59.7 Å². The number of carbonyl (C=O) groups excluding carboxylic acids is 1. The van der Waals surface area contributed by atoms with Crippen molar-refractivity contribution in [1.29, 1.82) is 0 Å². The molecule has 1 fully saturated rings. The van der Waals surface area contributed by atoms with Crippen molar-refractivity contribution in [3.05, 3.63) is 47.3 Å². The molecule has 0 unspecified atom stereocenters. The van der Waals surface area contributed by atoms with E-state index in [0.29, 0.717) is 54.0 Å². The van der Waals surface area contributed by atoms with Crippen LogP contribution < -0.4 is 15.2 Å². The van der Waals surface area contributed by atoms with Crippen LogP contribution in [0.1, 0.15) is 28.0 Å². The van der Waals surface area contributed by atoms with Gasteiger partial charge in [-0.3, -0.25) is 19.7 Å². The van der Waals surface area contributed by atoms with Crippen LogP contribution in [0.3, 0.4) is 0 Å². The molecule has 2 N–H and O–H groups in total. The molecule has 1 saturated heterocycles. The molecule has 10 heteroatoms. The number of ether oxygens (including phenoxy) is 3. The summed E-state index contributed by atoms with van der Waals surface area (Å²) in [7, 11) is 1.60. The number of pyridine rings is 1. The smallest absolute Gasteiger partial charge is 0.251 e. The number of benzene rings is 1. The number of amides is 1. The number of morpholine rings is 1. The molecule has 4 heterocycles. The van der Waals surface area contributed by atoms with Crippen LogP contribution in [0.25, 0.3) is 0 Å². The van der Waals surface area contributed by atoms with Gasteiger partial charge in [0.2, 0.25) is 0 Å². The second-order valence-corrected chi connectivity index (χ2v) is 8.21. The average molecular weight is 465 g/mol. The summed E-state index contributed by atoms with van der Waals surface area (Å²) in [6, 6.07) is 7.20. The van der Waals surface area contributed by atoms with Crippen molar-refractivity contribution in [2.45, 2.75) is 6.42 Å². The maximum atomic E-state index is 12.1. The number of nitrogens with zero attached hydrogens (tertiary/aromatic N) is 5. The van der Waals surface area contributed by atoms with E-state index >= 15 is 0 Å². The quantitative estimate of drug-likeness (QED) is 0.588. The molecule has 10 nitrogen and oxygen atoms in total. The second kappa shape index (κ2) is 9.78. The molecular weight excluding hydrogens is 436 g/mol. The van der Waals surface area contributed by atoms with Crippen LogP contribution in [0, 0.1) is 0 Å². The third-order valence-electron chi connectivity index (χ3n) is 6.12. The Bertz CT molecular complexity index is 1140. The Labute approximate surface area is 198 Å². The van der Waals surface area contributed by atoms with Crippen molar-refractivity contribution >= 4 is 23.3 Å². The van der Waals surface area contributed by atoms with Gasteiger partial charge in [-0.05, 0) is 30.7 Å². The van der Waals surface area contributed by atoms with Gasteiger partial charge in [0, 0.05) is 37.9 Å². The van der Waals surface area contributed by atoms with E-state index in [1.54, 1.807) is 25.4 Å². The number of aromatic nitrogens is 1. The lowest BCUT2D eigenvalue weighted by Crippen LogP contribution is -2.39. The third-order valence-corrected chi connectivity index (χ3v) is 6.12. The number of rotatable bonds is 8. The molecule has 0 saturated carbocycles. The van der Waals surface area contributed by atoms with Gasteiger partial charge in [0.15, 0.2) is 17.3 Å². The highest BCUT2D eigenvalue weighted by Crippen LogP contribution is 2.44. The van der Waals surface area contributed by atoms with E-state index in [2.05, 4.69) is 14.9 Å². The lowest BCUT2D eigenvalue weighted by atomic mass is 10.1. The first-order valence-electron chi connectivity index (χ1n) is 11.5. The number of primary amides is 1. The fourth-order valence-corrected chi connectivity index (χ4v) is 4.46. The van der Waals surface area contributed by atoms with Gasteiger partial charge in [0.1, 0.15) is 17.2 Å². The fraction of sp³-hybridized carbons (Fsp3) is 0.417. The summed E-state index contributed by atoms with van der Waals surface area (Å²) in [5, 5.41) is 0. The molecule has 0 aliphatic carbocycles. The zero-order chi connectivity index (χ0) is 23.5.